The molecule has 5 heteroatoms. The maximum atomic E-state index is 11.9. The van der Waals surface area contributed by atoms with E-state index in [9.17, 15) is 4.79 Å². The van der Waals surface area contributed by atoms with Crippen molar-refractivity contribution in [2.45, 2.75) is 39.3 Å². The molecule has 1 amide bonds. The summed E-state index contributed by atoms with van der Waals surface area (Å²) in [7, 11) is 0. The van der Waals surface area contributed by atoms with Gasteiger partial charge in [-0.05, 0) is 50.8 Å². The highest BCUT2D eigenvalue weighted by molar-refractivity contribution is 7.98. The van der Waals surface area contributed by atoms with Crippen LogP contribution in [0.1, 0.15) is 39.5 Å². The zero-order chi connectivity index (χ0) is 14.5. The minimum Gasteiger partial charge on any atom is -0.467 e. The lowest BCUT2D eigenvalue weighted by atomic mass is 10.0. The predicted octanol–water partition coefficient (Wildman–Crippen LogP) is 3.84. The molecular weight excluding hydrogens is 262 g/mol. The Bertz CT molecular complexity index is 384. The van der Waals surface area contributed by atoms with Crippen LogP contribution in [0.25, 0.3) is 0 Å². The van der Waals surface area contributed by atoms with Gasteiger partial charge in [-0.2, -0.15) is 11.8 Å². The third-order valence-corrected chi connectivity index (χ3v) is 3.38. The Hall–Kier alpha value is -1.10. The largest absolute Gasteiger partial charge is 0.467 e. The molecule has 1 aromatic heterocycles. The van der Waals surface area contributed by atoms with Crippen LogP contribution in [0.4, 0.5) is 4.79 Å². The molecule has 0 spiro atoms. The SMILES string of the molecule is CSC[C@@H](C)[C@H](NC(=O)OC(C)(C)C)c1ccco1. The number of thioether (sulfide) groups is 1. The second-order valence-corrected chi connectivity index (χ2v) is 6.48. The fourth-order valence-electron chi connectivity index (χ4n) is 1.76. The monoisotopic (exact) mass is 285 g/mol. The second-order valence-electron chi connectivity index (χ2n) is 5.57. The second kappa shape index (κ2) is 6.89. The third kappa shape index (κ3) is 5.59. The van der Waals surface area contributed by atoms with E-state index in [2.05, 4.69) is 12.2 Å². The average molecular weight is 285 g/mol. The molecule has 0 radical (unpaired) electrons. The molecule has 4 nitrogen and oxygen atoms in total. The Morgan fingerprint density at radius 2 is 2.21 bits per heavy atom. The van der Waals surface area contributed by atoms with E-state index in [1.165, 1.54) is 0 Å². The Balaban J connectivity index is 2.73. The summed E-state index contributed by atoms with van der Waals surface area (Å²) in [4.78, 5) is 11.9. The zero-order valence-electron chi connectivity index (χ0n) is 12.2. The van der Waals surface area contributed by atoms with Crippen molar-refractivity contribution >= 4 is 17.9 Å². The van der Waals surface area contributed by atoms with Crippen LogP contribution < -0.4 is 5.32 Å². The number of carbonyl (C=O) groups is 1. The minimum atomic E-state index is -0.499. The molecular formula is C14H23NO3S. The molecule has 1 rings (SSSR count). The van der Waals surface area contributed by atoms with Crippen LogP contribution in [-0.4, -0.2) is 23.7 Å². The molecule has 0 aromatic carbocycles. The normalized spacial score (nSPS) is 14.8. The van der Waals surface area contributed by atoms with Gasteiger partial charge in [0.2, 0.25) is 0 Å². The van der Waals surface area contributed by atoms with Gasteiger partial charge < -0.3 is 14.5 Å². The summed E-state index contributed by atoms with van der Waals surface area (Å²) in [5.41, 5.74) is -0.499. The van der Waals surface area contributed by atoms with Crippen molar-refractivity contribution in [2.24, 2.45) is 5.92 Å². The standard InChI is InChI=1S/C14H23NO3S/c1-10(9-19-5)12(11-7-6-8-17-11)15-13(16)18-14(2,3)4/h6-8,10,12H,9H2,1-5H3,(H,15,16)/t10-,12+/m1/s1. The van der Waals surface area contributed by atoms with Gasteiger partial charge in [-0.1, -0.05) is 6.92 Å². The molecule has 0 saturated heterocycles. The van der Waals surface area contributed by atoms with Gasteiger partial charge in [-0.3, -0.25) is 0 Å². The number of hydrogen-bond acceptors (Lipinski definition) is 4. The number of nitrogens with one attached hydrogen (secondary N) is 1. The quantitative estimate of drug-likeness (QED) is 0.893. The van der Waals surface area contributed by atoms with Gasteiger partial charge in [-0.25, -0.2) is 4.79 Å². The number of amides is 1. The minimum absolute atomic E-state index is 0.169. The lowest BCUT2D eigenvalue weighted by molar-refractivity contribution is 0.0482. The van der Waals surface area contributed by atoms with Crippen molar-refractivity contribution < 1.29 is 13.9 Å². The Kier molecular flexibility index (Phi) is 5.79. The van der Waals surface area contributed by atoms with E-state index in [-0.39, 0.29) is 12.0 Å². The first kappa shape index (κ1) is 16.0. The van der Waals surface area contributed by atoms with Crippen LogP contribution in [-0.2, 0) is 4.74 Å². The highest BCUT2D eigenvalue weighted by atomic mass is 32.2. The molecule has 1 aromatic rings. The van der Waals surface area contributed by atoms with Gasteiger partial charge in [0.15, 0.2) is 0 Å². The Morgan fingerprint density at radius 3 is 2.68 bits per heavy atom. The van der Waals surface area contributed by atoms with Crippen LogP contribution in [0.5, 0.6) is 0 Å². The number of hydrogen-bond donors (Lipinski definition) is 1. The lowest BCUT2D eigenvalue weighted by Gasteiger charge is -2.25. The molecule has 0 aliphatic carbocycles. The van der Waals surface area contributed by atoms with Gasteiger partial charge in [0.25, 0.3) is 0 Å². The average Bonchev–Trinajstić information content (AvgIpc) is 2.76. The number of alkyl carbamates (subject to hydrolysis) is 1. The summed E-state index contributed by atoms with van der Waals surface area (Å²) >= 11 is 1.74. The van der Waals surface area contributed by atoms with Crippen molar-refractivity contribution in [3.63, 3.8) is 0 Å². The fourth-order valence-corrected chi connectivity index (χ4v) is 2.47. The predicted molar refractivity (Wildman–Crippen MR) is 78.4 cm³/mol. The number of carbonyl (C=O) groups excluding carboxylic acids is 1. The van der Waals surface area contributed by atoms with Gasteiger partial charge in [0, 0.05) is 0 Å². The molecule has 0 fully saturated rings. The van der Waals surface area contributed by atoms with Crippen LogP contribution >= 0.6 is 11.8 Å². The molecule has 0 saturated carbocycles. The summed E-state index contributed by atoms with van der Waals surface area (Å²) < 4.78 is 10.7. The Labute approximate surface area is 119 Å². The molecule has 0 aliphatic rings. The van der Waals surface area contributed by atoms with E-state index in [0.717, 1.165) is 11.5 Å². The van der Waals surface area contributed by atoms with Crippen molar-refractivity contribution in [2.75, 3.05) is 12.0 Å². The first-order chi connectivity index (χ1) is 8.83. The maximum Gasteiger partial charge on any atom is 0.408 e. The molecule has 1 heterocycles. The molecule has 2 atom stereocenters. The number of rotatable bonds is 5. The van der Waals surface area contributed by atoms with E-state index >= 15 is 0 Å². The molecule has 19 heavy (non-hydrogen) atoms. The fraction of sp³-hybridized carbons (Fsp3) is 0.643. The summed E-state index contributed by atoms with van der Waals surface area (Å²) in [5.74, 6) is 1.95. The van der Waals surface area contributed by atoms with Crippen molar-refractivity contribution in [3.8, 4) is 0 Å². The molecule has 108 valence electrons. The molecule has 0 aliphatic heterocycles. The summed E-state index contributed by atoms with van der Waals surface area (Å²) in [6.45, 7) is 7.63. The summed E-state index contributed by atoms with van der Waals surface area (Å²) in [6.07, 6.45) is 3.25. The maximum absolute atomic E-state index is 11.9. The first-order valence-corrected chi connectivity index (χ1v) is 7.74. The number of ether oxygens (including phenoxy) is 1. The van der Waals surface area contributed by atoms with E-state index in [1.807, 2.05) is 39.2 Å². The van der Waals surface area contributed by atoms with Gasteiger partial charge in [-0.15, -0.1) is 0 Å². The van der Waals surface area contributed by atoms with Crippen LogP contribution in [0, 0.1) is 5.92 Å². The summed E-state index contributed by atoms with van der Waals surface area (Å²) in [5, 5.41) is 2.89. The van der Waals surface area contributed by atoms with E-state index in [4.69, 9.17) is 9.15 Å². The van der Waals surface area contributed by atoms with E-state index in [0.29, 0.717) is 0 Å². The van der Waals surface area contributed by atoms with E-state index < -0.39 is 11.7 Å². The lowest BCUT2D eigenvalue weighted by Crippen LogP contribution is -2.37. The number of furan rings is 1. The van der Waals surface area contributed by atoms with Crippen molar-refractivity contribution in [3.05, 3.63) is 24.2 Å². The highest BCUT2D eigenvalue weighted by Crippen LogP contribution is 2.25. The van der Waals surface area contributed by atoms with E-state index in [1.54, 1.807) is 18.0 Å². The molecule has 0 unspecified atom stereocenters. The highest BCUT2D eigenvalue weighted by Gasteiger charge is 2.26. The molecule has 1 N–H and O–H groups in total. The third-order valence-electron chi connectivity index (χ3n) is 2.52. The van der Waals surface area contributed by atoms with Crippen LogP contribution in [0.3, 0.4) is 0 Å². The van der Waals surface area contributed by atoms with Gasteiger partial charge in [0.1, 0.15) is 11.4 Å². The van der Waals surface area contributed by atoms with Gasteiger partial charge in [0.05, 0.1) is 12.3 Å². The zero-order valence-corrected chi connectivity index (χ0v) is 13.0. The van der Waals surface area contributed by atoms with Gasteiger partial charge >= 0.3 is 6.09 Å². The van der Waals surface area contributed by atoms with Crippen LogP contribution in [0.15, 0.2) is 22.8 Å². The topological polar surface area (TPSA) is 51.5 Å². The smallest absolute Gasteiger partial charge is 0.408 e. The summed E-state index contributed by atoms with van der Waals surface area (Å²) in [6, 6.07) is 3.53. The first-order valence-electron chi connectivity index (χ1n) is 6.35. The molecule has 0 bridgehead atoms. The van der Waals surface area contributed by atoms with Crippen LogP contribution in [0.2, 0.25) is 0 Å². The van der Waals surface area contributed by atoms with Crippen molar-refractivity contribution in [1.82, 2.24) is 5.32 Å². The van der Waals surface area contributed by atoms with Crippen molar-refractivity contribution in [1.29, 1.82) is 0 Å². The Morgan fingerprint density at radius 1 is 1.53 bits per heavy atom.